The van der Waals surface area contributed by atoms with Crippen molar-refractivity contribution in [3.8, 4) is 0 Å². The van der Waals surface area contributed by atoms with Crippen molar-refractivity contribution in [3.63, 3.8) is 0 Å². The Bertz CT molecular complexity index is 244. The number of carbonyl (C=O) groups is 1. The normalized spacial score (nSPS) is 26.3. The van der Waals surface area contributed by atoms with Gasteiger partial charge in [0.2, 0.25) is 5.91 Å². The minimum atomic E-state index is 0.320. The Morgan fingerprint density at radius 1 is 1.36 bits per heavy atom. The maximum absolute atomic E-state index is 11.4. The molecule has 1 amide bonds. The van der Waals surface area contributed by atoms with Gasteiger partial charge in [-0.05, 0) is 5.92 Å². The van der Waals surface area contributed by atoms with Crippen molar-refractivity contribution >= 4 is 5.91 Å². The standard InChI is InChI=1S/C11H20N2O/c1-9(2)5-13-7-11(8-13)4-10(14)12(3)6-11/h9H,4-8H2,1-3H3. The third-order valence-corrected chi connectivity index (χ3v) is 3.27. The van der Waals surface area contributed by atoms with Crippen molar-refractivity contribution in [2.45, 2.75) is 20.3 Å². The Hall–Kier alpha value is -0.570. The van der Waals surface area contributed by atoms with Crippen LogP contribution in [0.2, 0.25) is 0 Å². The Balaban J connectivity index is 1.84. The Morgan fingerprint density at radius 2 is 2.00 bits per heavy atom. The van der Waals surface area contributed by atoms with Crippen LogP contribution in [-0.4, -0.2) is 48.9 Å². The molecule has 0 aromatic rings. The molecule has 3 nitrogen and oxygen atoms in total. The molecule has 80 valence electrons. The van der Waals surface area contributed by atoms with Crippen molar-refractivity contribution in [2.75, 3.05) is 33.2 Å². The number of carbonyl (C=O) groups excluding carboxylic acids is 1. The maximum Gasteiger partial charge on any atom is 0.223 e. The molecule has 0 N–H and O–H groups in total. The highest BCUT2D eigenvalue weighted by atomic mass is 16.2. The molecule has 0 aromatic heterocycles. The SMILES string of the molecule is CC(C)CN1CC2(CC(=O)N(C)C2)C1. The first-order chi connectivity index (χ1) is 6.51. The van der Waals surface area contributed by atoms with Crippen molar-refractivity contribution in [2.24, 2.45) is 11.3 Å². The maximum atomic E-state index is 11.4. The Labute approximate surface area is 86.1 Å². The molecular formula is C11H20N2O. The van der Waals surface area contributed by atoms with E-state index in [1.807, 2.05) is 11.9 Å². The minimum Gasteiger partial charge on any atom is -0.345 e. The molecule has 14 heavy (non-hydrogen) atoms. The lowest BCUT2D eigenvalue weighted by molar-refractivity contribution is -0.127. The second kappa shape index (κ2) is 3.23. The predicted molar refractivity (Wildman–Crippen MR) is 56.0 cm³/mol. The molecule has 0 aliphatic carbocycles. The van der Waals surface area contributed by atoms with Crippen LogP contribution >= 0.6 is 0 Å². The number of amides is 1. The van der Waals surface area contributed by atoms with E-state index in [9.17, 15) is 4.79 Å². The summed E-state index contributed by atoms with van der Waals surface area (Å²) in [5.74, 6) is 1.07. The summed E-state index contributed by atoms with van der Waals surface area (Å²) in [5, 5.41) is 0. The summed E-state index contributed by atoms with van der Waals surface area (Å²) >= 11 is 0. The number of nitrogens with zero attached hydrogens (tertiary/aromatic N) is 2. The summed E-state index contributed by atoms with van der Waals surface area (Å²) in [6, 6.07) is 0. The zero-order valence-corrected chi connectivity index (χ0v) is 9.42. The number of hydrogen-bond acceptors (Lipinski definition) is 2. The van der Waals surface area contributed by atoms with Gasteiger partial charge in [-0.1, -0.05) is 13.8 Å². The van der Waals surface area contributed by atoms with Gasteiger partial charge in [0.1, 0.15) is 0 Å². The topological polar surface area (TPSA) is 23.6 Å². The summed E-state index contributed by atoms with van der Waals surface area (Å²) in [6.45, 7) is 8.90. The highest BCUT2D eigenvalue weighted by Gasteiger charge is 2.49. The Kier molecular flexibility index (Phi) is 2.30. The molecule has 2 aliphatic rings. The van der Waals surface area contributed by atoms with E-state index in [1.165, 1.54) is 6.54 Å². The largest absolute Gasteiger partial charge is 0.345 e. The fraction of sp³-hybridized carbons (Fsp3) is 0.909. The van der Waals surface area contributed by atoms with Gasteiger partial charge in [0, 0.05) is 45.1 Å². The van der Waals surface area contributed by atoms with E-state index in [2.05, 4.69) is 18.7 Å². The average molecular weight is 196 g/mol. The minimum absolute atomic E-state index is 0.320. The average Bonchev–Trinajstić information content (AvgIpc) is 2.25. The molecule has 0 atom stereocenters. The van der Waals surface area contributed by atoms with Gasteiger partial charge in [0.25, 0.3) is 0 Å². The molecule has 0 saturated carbocycles. The molecule has 3 heteroatoms. The summed E-state index contributed by atoms with van der Waals surface area (Å²) in [5.41, 5.74) is 0.320. The van der Waals surface area contributed by atoms with Crippen LogP contribution in [0.25, 0.3) is 0 Å². The lowest BCUT2D eigenvalue weighted by Gasteiger charge is -2.48. The summed E-state index contributed by atoms with van der Waals surface area (Å²) in [4.78, 5) is 15.8. The van der Waals surface area contributed by atoms with Gasteiger partial charge in [-0.25, -0.2) is 0 Å². The van der Waals surface area contributed by atoms with Crippen LogP contribution in [-0.2, 0) is 4.79 Å². The van der Waals surface area contributed by atoms with Crippen molar-refractivity contribution in [1.29, 1.82) is 0 Å². The second-order valence-corrected chi connectivity index (χ2v) is 5.49. The first-order valence-electron chi connectivity index (χ1n) is 5.47. The highest BCUT2D eigenvalue weighted by molar-refractivity contribution is 5.79. The first kappa shape index (κ1) is 9.97. The first-order valence-corrected chi connectivity index (χ1v) is 5.47. The molecule has 0 aromatic carbocycles. The van der Waals surface area contributed by atoms with E-state index in [1.54, 1.807) is 0 Å². The van der Waals surface area contributed by atoms with Crippen LogP contribution in [0.5, 0.6) is 0 Å². The van der Waals surface area contributed by atoms with Crippen LogP contribution in [0.15, 0.2) is 0 Å². The summed E-state index contributed by atoms with van der Waals surface area (Å²) in [7, 11) is 1.92. The molecule has 2 aliphatic heterocycles. The van der Waals surface area contributed by atoms with E-state index in [-0.39, 0.29) is 0 Å². The van der Waals surface area contributed by atoms with Crippen LogP contribution in [0.3, 0.4) is 0 Å². The van der Waals surface area contributed by atoms with Crippen LogP contribution in [0.4, 0.5) is 0 Å². The second-order valence-electron chi connectivity index (χ2n) is 5.49. The molecule has 2 fully saturated rings. The number of likely N-dealkylation sites (tertiary alicyclic amines) is 2. The van der Waals surface area contributed by atoms with E-state index in [0.717, 1.165) is 32.0 Å². The smallest absolute Gasteiger partial charge is 0.223 e. The summed E-state index contributed by atoms with van der Waals surface area (Å²) in [6.07, 6.45) is 0.776. The van der Waals surface area contributed by atoms with Gasteiger partial charge in [-0.2, -0.15) is 0 Å². The van der Waals surface area contributed by atoms with Gasteiger partial charge in [0.15, 0.2) is 0 Å². The van der Waals surface area contributed by atoms with Crippen molar-refractivity contribution < 1.29 is 4.79 Å². The molecule has 1 spiro atoms. The van der Waals surface area contributed by atoms with Crippen molar-refractivity contribution in [1.82, 2.24) is 9.80 Å². The van der Waals surface area contributed by atoms with Gasteiger partial charge in [-0.15, -0.1) is 0 Å². The number of rotatable bonds is 2. The number of hydrogen-bond donors (Lipinski definition) is 0. The molecule has 0 bridgehead atoms. The lowest BCUT2D eigenvalue weighted by atomic mass is 9.78. The van der Waals surface area contributed by atoms with Crippen LogP contribution < -0.4 is 0 Å². The molecule has 0 unspecified atom stereocenters. The van der Waals surface area contributed by atoms with E-state index < -0.39 is 0 Å². The fourth-order valence-corrected chi connectivity index (χ4v) is 2.86. The molecule has 2 heterocycles. The molecule has 2 rings (SSSR count). The van der Waals surface area contributed by atoms with Crippen LogP contribution in [0.1, 0.15) is 20.3 Å². The molecular weight excluding hydrogens is 176 g/mol. The Morgan fingerprint density at radius 3 is 2.43 bits per heavy atom. The third-order valence-electron chi connectivity index (χ3n) is 3.27. The highest BCUT2D eigenvalue weighted by Crippen LogP contribution is 2.39. The van der Waals surface area contributed by atoms with Gasteiger partial charge < -0.3 is 9.80 Å². The predicted octanol–water partition coefficient (Wildman–Crippen LogP) is 0.806. The van der Waals surface area contributed by atoms with Gasteiger partial charge in [0.05, 0.1) is 0 Å². The zero-order valence-electron chi connectivity index (χ0n) is 9.42. The van der Waals surface area contributed by atoms with Crippen LogP contribution in [0, 0.1) is 11.3 Å². The fourth-order valence-electron chi connectivity index (χ4n) is 2.86. The van der Waals surface area contributed by atoms with E-state index in [0.29, 0.717) is 11.3 Å². The molecule has 0 radical (unpaired) electrons. The zero-order chi connectivity index (χ0) is 10.3. The molecule has 2 saturated heterocycles. The van der Waals surface area contributed by atoms with E-state index in [4.69, 9.17) is 0 Å². The van der Waals surface area contributed by atoms with Gasteiger partial charge in [-0.3, -0.25) is 4.79 Å². The van der Waals surface area contributed by atoms with Crippen molar-refractivity contribution in [3.05, 3.63) is 0 Å². The quantitative estimate of drug-likeness (QED) is 0.652. The van der Waals surface area contributed by atoms with Gasteiger partial charge >= 0.3 is 0 Å². The third kappa shape index (κ3) is 1.65. The summed E-state index contributed by atoms with van der Waals surface area (Å²) < 4.78 is 0. The lowest BCUT2D eigenvalue weighted by Crippen LogP contribution is -2.58. The monoisotopic (exact) mass is 196 g/mol. The van der Waals surface area contributed by atoms with E-state index >= 15 is 0 Å².